The highest BCUT2D eigenvalue weighted by atomic mass is 79.9. The van der Waals surface area contributed by atoms with E-state index in [9.17, 15) is 10.1 Å². The molecule has 2 aromatic rings. The second kappa shape index (κ2) is 13.2. The first-order chi connectivity index (χ1) is 14.5. The second-order valence-corrected chi connectivity index (χ2v) is 7.98. The highest BCUT2D eigenvalue weighted by Crippen LogP contribution is 2.34. The maximum absolute atomic E-state index is 10.8. The van der Waals surface area contributed by atoms with Gasteiger partial charge in [-0.1, -0.05) is 48.5 Å². The summed E-state index contributed by atoms with van der Waals surface area (Å²) in [5.74, 6) is 1.34. The molecule has 0 heterocycles. The molecule has 2 rings (SSSR count). The molecule has 1 N–H and O–H groups in total. The Morgan fingerprint density at radius 2 is 1.70 bits per heavy atom. The summed E-state index contributed by atoms with van der Waals surface area (Å²) in [6.07, 6.45) is 6.33. The van der Waals surface area contributed by atoms with Crippen LogP contribution in [0, 0.1) is 10.1 Å². The van der Waals surface area contributed by atoms with E-state index in [0.717, 1.165) is 28.7 Å². The van der Waals surface area contributed by atoms with Crippen LogP contribution in [0.3, 0.4) is 0 Å². The smallest absolute Gasteiger partial charge is 0.269 e. The lowest BCUT2D eigenvalue weighted by Gasteiger charge is -2.15. The molecule has 0 saturated carbocycles. The molecular formula is C23H31BrN2O4. The van der Waals surface area contributed by atoms with Gasteiger partial charge < -0.3 is 14.8 Å². The van der Waals surface area contributed by atoms with Crippen LogP contribution in [0.1, 0.15) is 57.1 Å². The Morgan fingerprint density at radius 3 is 2.37 bits per heavy atom. The van der Waals surface area contributed by atoms with Gasteiger partial charge >= 0.3 is 0 Å². The van der Waals surface area contributed by atoms with E-state index in [0.29, 0.717) is 24.7 Å². The largest absolute Gasteiger partial charge is 0.490 e. The number of halogens is 1. The second-order valence-electron chi connectivity index (χ2n) is 7.13. The Bertz CT molecular complexity index is 797. The molecule has 6 nitrogen and oxygen atoms in total. The standard InChI is InChI=1S/C23H31BrN2O4/c1-3-5-6-7-8-13-25-16-19-14-22(29-4-2)23(15-21(19)24)30-17-18-9-11-20(12-10-18)26(27)28/h9-12,14-15,25H,3-8,13,16-17H2,1-2H3. The van der Waals surface area contributed by atoms with Crippen LogP contribution in [0.2, 0.25) is 0 Å². The van der Waals surface area contributed by atoms with Gasteiger partial charge in [0.25, 0.3) is 5.69 Å². The van der Waals surface area contributed by atoms with Gasteiger partial charge in [-0.3, -0.25) is 10.1 Å². The number of nitro benzene ring substituents is 1. The molecule has 0 aliphatic carbocycles. The van der Waals surface area contributed by atoms with Gasteiger partial charge in [0, 0.05) is 23.2 Å². The molecule has 0 fully saturated rings. The van der Waals surface area contributed by atoms with Crippen LogP contribution in [0.15, 0.2) is 40.9 Å². The van der Waals surface area contributed by atoms with Crippen molar-refractivity contribution < 1.29 is 14.4 Å². The average Bonchev–Trinajstić information content (AvgIpc) is 2.74. The van der Waals surface area contributed by atoms with E-state index < -0.39 is 4.92 Å². The monoisotopic (exact) mass is 478 g/mol. The summed E-state index contributed by atoms with van der Waals surface area (Å²) < 4.78 is 12.7. The number of hydrogen-bond donors (Lipinski definition) is 1. The van der Waals surface area contributed by atoms with Gasteiger partial charge in [-0.05, 0) is 55.3 Å². The zero-order valence-corrected chi connectivity index (χ0v) is 19.4. The first kappa shape index (κ1) is 24.2. The van der Waals surface area contributed by atoms with Crippen molar-refractivity contribution >= 4 is 21.6 Å². The first-order valence-corrected chi connectivity index (χ1v) is 11.4. The highest BCUT2D eigenvalue weighted by molar-refractivity contribution is 9.10. The number of unbranched alkanes of at least 4 members (excludes halogenated alkanes) is 4. The van der Waals surface area contributed by atoms with Crippen molar-refractivity contribution in [1.82, 2.24) is 5.32 Å². The Labute approximate surface area is 187 Å². The van der Waals surface area contributed by atoms with Crippen molar-refractivity contribution in [3.05, 3.63) is 62.1 Å². The molecule has 0 radical (unpaired) electrons. The third-order valence-electron chi connectivity index (χ3n) is 4.73. The molecule has 0 amide bonds. The van der Waals surface area contributed by atoms with Crippen molar-refractivity contribution in [2.75, 3.05) is 13.2 Å². The minimum absolute atomic E-state index is 0.0683. The number of non-ortho nitro benzene ring substituents is 1. The predicted molar refractivity (Wildman–Crippen MR) is 123 cm³/mol. The van der Waals surface area contributed by atoms with Crippen LogP contribution >= 0.6 is 15.9 Å². The zero-order chi connectivity index (χ0) is 21.8. The maximum atomic E-state index is 10.8. The van der Waals surface area contributed by atoms with Crippen molar-refractivity contribution in [3.8, 4) is 11.5 Å². The van der Waals surface area contributed by atoms with Crippen LogP contribution in [0.5, 0.6) is 11.5 Å². The normalized spacial score (nSPS) is 10.8. The van der Waals surface area contributed by atoms with Crippen LogP contribution in [-0.2, 0) is 13.2 Å². The van der Waals surface area contributed by atoms with E-state index in [-0.39, 0.29) is 5.69 Å². The van der Waals surface area contributed by atoms with E-state index in [1.54, 1.807) is 12.1 Å². The summed E-state index contributed by atoms with van der Waals surface area (Å²) in [4.78, 5) is 10.4. The van der Waals surface area contributed by atoms with Gasteiger partial charge in [0.15, 0.2) is 11.5 Å². The minimum Gasteiger partial charge on any atom is -0.490 e. The van der Waals surface area contributed by atoms with Gasteiger partial charge in [-0.15, -0.1) is 0 Å². The summed E-state index contributed by atoms with van der Waals surface area (Å²) in [6.45, 7) is 6.77. The summed E-state index contributed by atoms with van der Waals surface area (Å²) in [5.41, 5.74) is 2.04. The van der Waals surface area contributed by atoms with E-state index in [1.165, 1.54) is 44.2 Å². The number of nitro groups is 1. The van der Waals surface area contributed by atoms with Crippen LogP contribution in [-0.4, -0.2) is 18.1 Å². The molecule has 30 heavy (non-hydrogen) atoms. The molecule has 2 aromatic carbocycles. The van der Waals surface area contributed by atoms with Crippen molar-refractivity contribution in [2.24, 2.45) is 0 Å². The van der Waals surface area contributed by atoms with E-state index >= 15 is 0 Å². The Morgan fingerprint density at radius 1 is 1.00 bits per heavy atom. The number of hydrogen-bond acceptors (Lipinski definition) is 5. The SMILES string of the molecule is CCCCCCCNCc1cc(OCC)c(OCc2ccc([N+](=O)[O-])cc2)cc1Br. The summed E-state index contributed by atoms with van der Waals surface area (Å²) in [6, 6.07) is 10.3. The first-order valence-electron chi connectivity index (χ1n) is 10.6. The third-order valence-corrected chi connectivity index (χ3v) is 5.46. The predicted octanol–water partition coefficient (Wildman–Crippen LogP) is 6.40. The van der Waals surface area contributed by atoms with Gasteiger partial charge in [0.2, 0.25) is 0 Å². The molecule has 0 aliphatic heterocycles. The minimum atomic E-state index is -0.410. The lowest BCUT2D eigenvalue weighted by Crippen LogP contribution is -2.15. The topological polar surface area (TPSA) is 73.6 Å². The molecule has 0 unspecified atom stereocenters. The summed E-state index contributed by atoms with van der Waals surface area (Å²) in [7, 11) is 0. The number of benzene rings is 2. The lowest BCUT2D eigenvalue weighted by molar-refractivity contribution is -0.384. The highest BCUT2D eigenvalue weighted by Gasteiger charge is 2.12. The van der Waals surface area contributed by atoms with Crippen molar-refractivity contribution in [1.29, 1.82) is 0 Å². The van der Waals surface area contributed by atoms with E-state index in [1.807, 2.05) is 19.1 Å². The maximum Gasteiger partial charge on any atom is 0.269 e. The molecular weight excluding hydrogens is 448 g/mol. The van der Waals surface area contributed by atoms with Gasteiger partial charge in [-0.25, -0.2) is 0 Å². The van der Waals surface area contributed by atoms with Crippen molar-refractivity contribution in [3.63, 3.8) is 0 Å². The number of nitrogens with one attached hydrogen (secondary N) is 1. The quantitative estimate of drug-likeness (QED) is 0.193. The fourth-order valence-electron chi connectivity index (χ4n) is 3.05. The Kier molecular flexibility index (Phi) is 10.7. The molecule has 0 bridgehead atoms. The van der Waals surface area contributed by atoms with E-state index in [4.69, 9.17) is 9.47 Å². The molecule has 0 aliphatic rings. The fourth-order valence-corrected chi connectivity index (χ4v) is 3.51. The summed E-state index contributed by atoms with van der Waals surface area (Å²) >= 11 is 3.64. The number of nitrogens with zero attached hydrogens (tertiary/aromatic N) is 1. The molecule has 0 aromatic heterocycles. The fraction of sp³-hybridized carbons (Fsp3) is 0.478. The third kappa shape index (κ3) is 7.95. The number of rotatable bonds is 14. The van der Waals surface area contributed by atoms with E-state index in [2.05, 4.69) is 28.2 Å². The lowest BCUT2D eigenvalue weighted by atomic mass is 10.1. The molecule has 164 valence electrons. The molecule has 7 heteroatoms. The van der Waals surface area contributed by atoms with Crippen LogP contribution < -0.4 is 14.8 Å². The van der Waals surface area contributed by atoms with Gasteiger partial charge in [0.1, 0.15) is 6.61 Å². The van der Waals surface area contributed by atoms with Gasteiger partial charge in [-0.2, -0.15) is 0 Å². The molecule has 0 spiro atoms. The Hall–Kier alpha value is -2.12. The van der Waals surface area contributed by atoms with Gasteiger partial charge in [0.05, 0.1) is 11.5 Å². The molecule has 0 saturated heterocycles. The molecule has 0 atom stereocenters. The number of ether oxygens (including phenoxy) is 2. The zero-order valence-electron chi connectivity index (χ0n) is 17.8. The summed E-state index contributed by atoms with van der Waals surface area (Å²) in [5, 5.41) is 14.3. The Balaban J connectivity index is 1.95. The van der Waals surface area contributed by atoms with Crippen LogP contribution in [0.25, 0.3) is 0 Å². The average molecular weight is 479 g/mol. The van der Waals surface area contributed by atoms with Crippen molar-refractivity contribution in [2.45, 2.75) is 59.1 Å². The van der Waals surface area contributed by atoms with Crippen LogP contribution in [0.4, 0.5) is 5.69 Å².